The van der Waals surface area contributed by atoms with E-state index in [0.717, 1.165) is 32.1 Å². The third-order valence-electron chi connectivity index (χ3n) is 14.8. The molecular formula is C37H58O6. The summed E-state index contributed by atoms with van der Waals surface area (Å²) in [6, 6.07) is 0. The summed E-state index contributed by atoms with van der Waals surface area (Å²) in [4.78, 5) is 36.3. The predicted octanol–water partition coefficient (Wildman–Crippen LogP) is 8.07. The smallest absolute Gasteiger partial charge is 0.306 e. The van der Waals surface area contributed by atoms with E-state index in [1.165, 1.54) is 44.8 Å². The fourth-order valence-corrected chi connectivity index (χ4v) is 12.5. The molecule has 242 valence electrons. The molecule has 0 aromatic heterocycles. The Morgan fingerprint density at radius 1 is 0.767 bits per heavy atom. The first kappa shape index (κ1) is 32.5. The number of fused-ring (bicyclic) bond motifs is 7. The van der Waals surface area contributed by atoms with Gasteiger partial charge in [-0.15, -0.1) is 0 Å². The average Bonchev–Trinajstić information content (AvgIpc) is 3.33. The lowest BCUT2D eigenvalue weighted by Gasteiger charge is -2.73. The van der Waals surface area contributed by atoms with Crippen LogP contribution in [0.2, 0.25) is 0 Å². The van der Waals surface area contributed by atoms with Gasteiger partial charge >= 0.3 is 17.9 Å². The molecule has 0 aromatic carbocycles. The SMILES string of the molecule is C=C(C)[C@@H]1CC[C@]2(COC(C)=O)CC[C@]3(C)[C@H](CC[C@H]4[C@@]5(C)CC[C@H](OC(=O)CCC(=O)OC)C(C)(C)[C@@H]5CC[C@]43C)[C@H]12. The molecule has 6 nitrogen and oxygen atoms in total. The predicted molar refractivity (Wildman–Crippen MR) is 167 cm³/mol. The number of hydrogen-bond donors (Lipinski definition) is 0. The van der Waals surface area contributed by atoms with Gasteiger partial charge in [0.1, 0.15) is 6.10 Å². The molecule has 0 spiro atoms. The van der Waals surface area contributed by atoms with Crippen molar-refractivity contribution in [3.63, 3.8) is 0 Å². The van der Waals surface area contributed by atoms with E-state index in [2.05, 4.69) is 48.1 Å². The number of carbonyl (C=O) groups excluding carboxylic acids is 3. The molecule has 5 saturated carbocycles. The Labute approximate surface area is 260 Å². The highest BCUT2D eigenvalue weighted by atomic mass is 16.5. The Balaban J connectivity index is 1.40. The van der Waals surface area contributed by atoms with Crippen LogP contribution < -0.4 is 0 Å². The van der Waals surface area contributed by atoms with E-state index in [0.29, 0.717) is 36.2 Å². The van der Waals surface area contributed by atoms with Crippen molar-refractivity contribution < 1.29 is 28.6 Å². The zero-order valence-corrected chi connectivity index (χ0v) is 28.3. The maximum atomic E-state index is 12.7. The Bertz CT molecular complexity index is 1140. The number of carbonyl (C=O) groups is 3. The summed E-state index contributed by atoms with van der Waals surface area (Å²) >= 11 is 0. The largest absolute Gasteiger partial charge is 0.469 e. The first-order chi connectivity index (χ1) is 20.1. The molecule has 6 heteroatoms. The number of methoxy groups -OCH3 is 1. The van der Waals surface area contributed by atoms with Crippen molar-refractivity contribution >= 4 is 17.9 Å². The molecule has 0 saturated heterocycles. The standard InChI is InChI=1S/C37H58O6/c1-23(2)25-14-19-37(22-42-24(3)38)21-20-35(7)26(32(25)37)10-11-28-34(6)17-16-29(43-31(40)13-12-30(39)41-9)33(4,5)27(34)15-18-36(28,35)8/h25-29,32H,1,10-22H2,2-9H3/t25-,26+,27-,28-,29-,32-,34-,35+,36+,37+/m0/s1. The second-order valence-electron chi connectivity index (χ2n) is 16.7. The summed E-state index contributed by atoms with van der Waals surface area (Å²) in [5.74, 6) is 1.94. The van der Waals surface area contributed by atoms with E-state index in [9.17, 15) is 14.4 Å². The summed E-state index contributed by atoms with van der Waals surface area (Å²) in [7, 11) is 1.35. The summed E-state index contributed by atoms with van der Waals surface area (Å²) in [6.45, 7) is 21.3. The van der Waals surface area contributed by atoms with E-state index in [1.54, 1.807) is 6.92 Å². The number of hydrogen-bond acceptors (Lipinski definition) is 6. The molecular weight excluding hydrogens is 540 g/mol. The van der Waals surface area contributed by atoms with Crippen molar-refractivity contribution in [2.24, 2.45) is 56.7 Å². The zero-order chi connectivity index (χ0) is 31.6. The first-order valence-corrected chi connectivity index (χ1v) is 17.1. The van der Waals surface area contributed by atoms with Crippen LogP contribution in [0.4, 0.5) is 0 Å². The maximum Gasteiger partial charge on any atom is 0.306 e. The number of ether oxygens (including phenoxy) is 3. The molecule has 0 N–H and O–H groups in total. The quantitative estimate of drug-likeness (QED) is 0.168. The molecule has 0 aliphatic heterocycles. The van der Waals surface area contributed by atoms with Gasteiger partial charge < -0.3 is 14.2 Å². The molecule has 5 rings (SSSR count). The van der Waals surface area contributed by atoms with E-state index < -0.39 is 0 Å². The lowest BCUT2D eigenvalue weighted by atomic mass is 9.32. The van der Waals surface area contributed by atoms with E-state index in [4.69, 9.17) is 14.2 Å². The van der Waals surface area contributed by atoms with Crippen molar-refractivity contribution in [2.75, 3.05) is 13.7 Å². The van der Waals surface area contributed by atoms with Crippen LogP contribution in [0, 0.1) is 56.7 Å². The van der Waals surface area contributed by atoms with Gasteiger partial charge in [0.2, 0.25) is 0 Å². The first-order valence-electron chi connectivity index (χ1n) is 17.1. The normalized spacial score (nSPS) is 44.6. The third kappa shape index (κ3) is 5.00. The van der Waals surface area contributed by atoms with Crippen molar-refractivity contribution in [3.8, 4) is 0 Å². The fraction of sp³-hybridized carbons (Fsp3) is 0.865. The molecule has 0 amide bonds. The van der Waals surface area contributed by atoms with E-state index in [1.807, 2.05) is 0 Å². The maximum absolute atomic E-state index is 12.7. The minimum atomic E-state index is -0.374. The Hall–Kier alpha value is -1.85. The second-order valence-corrected chi connectivity index (χ2v) is 16.7. The molecule has 5 aliphatic carbocycles. The minimum absolute atomic E-state index is 0.0686. The van der Waals surface area contributed by atoms with E-state index >= 15 is 0 Å². The van der Waals surface area contributed by atoms with Gasteiger partial charge in [0.05, 0.1) is 26.6 Å². The second kappa shape index (κ2) is 11.2. The van der Waals surface area contributed by atoms with Crippen LogP contribution in [-0.2, 0) is 28.6 Å². The minimum Gasteiger partial charge on any atom is -0.469 e. The van der Waals surface area contributed by atoms with Crippen molar-refractivity contribution in [1.29, 1.82) is 0 Å². The molecule has 0 unspecified atom stereocenters. The molecule has 43 heavy (non-hydrogen) atoms. The van der Waals surface area contributed by atoms with Gasteiger partial charge in [0.25, 0.3) is 0 Å². The van der Waals surface area contributed by atoms with Crippen molar-refractivity contribution in [3.05, 3.63) is 12.2 Å². The van der Waals surface area contributed by atoms with Gasteiger partial charge in [0, 0.05) is 17.8 Å². The van der Waals surface area contributed by atoms with Crippen molar-refractivity contribution in [2.45, 2.75) is 132 Å². The highest BCUT2D eigenvalue weighted by molar-refractivity contribution is 5.77. The Kier molecular flexibility index (Phi) is 8.47. The summed E-state index contributed by atoms with van der Waals surface area (Å²) in [5.41, 5.74) is 1.92. The molecule has 5 aliphatic rings. The molecule has 5 fully saturated rings. The van der Waals surface area contributed by atoms with Crippen LogP contribution in [0.5, 0.6) is 0 Å². The van der Waals surface area contributed by atoms with Gasteiger partial charge in [-0.25, -0.2) is 0 Å². The summed E-state index contributed by atoms with van der Waals surface area (Å²) < 4.78 is 16.6. The summed E-state index contributed by atoms with van der Waals surface area (Å²) in [6.07, 6.45) is 11.5. The number of esters is 3. The lowest BCUT2D eigenvalue weighted by molar-refractivity contribution is -0.252. The van der Waals surface area contributed by atoms with Crippen LogP contribution in [0.15, 0.2) is 12.2 Å². The average molecular weight is 599 g/mol. The van der Waals surface area contributed by atoms with Gasteiger partial charge in [-0.1, -0.05) is 46.8 Å². The Morgan fingerprint density at radius 3 is 2.12 bits per heavy atom. The van der Waals surface area contributed by atoms with Crippen LogP contribution in [-0.4, -0.2) is 37.7 Å². The molecule has 0 bridgehead atoms. The monoisotopic (exact) mass is 598 g/mol. The number of rotatable bonds is 7. The zero-order valence-electron chi connectivity index (χ0n) is 28.3. The topological polar surface area (TPSA) is 78.9 Å². The third-order valence-corrected chi connectivity index (χ3v) is 14.8. The van der Waals surface area contributed by atoms with Crippen LogP contribution in [0.1, 0.15) is 126 Å². The van der Waals surface area contributed by atoms with Crippen LogP contribution in [0.3, 0.4) is 0 Å². The molecule has 0 heterocycles. The molecule has 0 radical (unpaired) electrons. The molecule has 10 atom stereocenters. The van der Waals surface area contributed by atoms with Gasteiger partial charge in [-0.3, -0.25) is 14.4 Å². The molecule has 0 aromatic rings. The van der Waals surface area contributed by atoms with Gasteiger partial charge in [-0.05, 0) is 117 Å². The highest BCUT2D eigenvalue weighted by Crippen LogP contribution is 2.77. The highest BCUT2D eigenvalue weighted by Gasteiger charge is 2.71. The van der Waals surface area contributed by atoms with Crippen molar-refractivity contribution in [1.82, 2.24) is 0 Å². The van der Waals surface area contributed by atoms with Gasteiger partial charge in [0.15, 0.2) is 0 Å². The number of allylic oxidation sites excluding steroid dienone is 1. The Morgan fingerprint density at radius 2 is 1.47 bits per heavy atom. The fourth-order valence-electron chi connectivity index (χ4n) is 12.5. The van der Waals surface area contributed by atoms with Crippen LogP contribution >= 0.6 is 0 Å². The summed E-state index contributed by atoms with van der Waals surface area (Å²) in [5, 5.41) is 0. The van der Waals surface area contributed by atoms with Crippen LogP contribution in [0.25, 0.3) is 0 Å². The lowest BCUT2D eigenvalue weighted by Crippen LogP contribution is -2.67. The van der Waals surface area contributed by atoms with E-state index in [-0.39, 0.29) is 63.9 Å². The van der Waals surface area contributed by atoms with Gasteiger partial charge in [-0.2, -0.15) is 0 Å².